The molecule has 0 radical (unpaired) electrons. The van der Waals surface area contributed by atoms with Gasteiger partial charge in [-0.05, 0) is 54.0 Å². The van der Waals surface area contributed by atoms with Gasteiger partial charge in [0.05, 0.1) is 11.3 Å². The molecule has 7 N–H and O–H groups in total. The number of benzene rings is 2. The van der Waals surface area contributed by atoms with Crippen LogP contribution in [0.3, 0.4) is 0 Å². The second kappa shape index (κ2) is 9.53. The molecule has 0 saturated heterocycles. The van der Waals surface area contributed by atoms with E-state index in [1.807, 2.05) is 13.8 Å². The third-order valence-corrected chi connectivity index (χ3v) is 7.91. The lowest BCUT2D eigenvalue weighted by atomic mass is 9.59. The summed E-state index contributed by atoms with van der Waals surface area (Å²) in [4.78, 5) is 50.6. The Kier molecular flexibility index (Phi) is 6.42. The number of aromatic hydroxyl groups is 1. The Hall–Kier alpha value is -4.64. The molecule has 208 valence electrons. The Labute approximate surface area is 228 Å². The number of aliphatic hydroxyl groups excluding tert-OH is 2. The second-order valence-corrected chi connectivity index (χ2v) is 10.6. The minimum absolute atomic E-state index is 0.0324. The molecule has 3 atom stereocenters. The quantitative estimate of drug-likeness (QED) is 0.245. The summed E-state index contributed by atoms with van der Waals surface area (Å²) in [6.45, 7) is 3.77. The number of fused-ring (bicyclic) bond motifs is 3. The highest BCUT2D eigenvalue weighted by Gasteiger charge is 2.60. The molecule has 2 amide bonds. The highest BCUT2D eigenvalue weighted by molar-refractivity contribution is 6.22. The van der Waals surface area contributed by atoms with E-state index in [0.29, 0.717) is 11.1 Å². The van der Waals surface area contributed by atoms with Crippen molar-refractivity contribution < 1.29 is 44.3 Å². The zero-order chi connectivity index (χ0) is 29.1. The summed E-state index contributed by atoms with van der Waals surface area (Å²) in [5, 5.41) is 47.2. The molecule has 11 nitrogen and oxygen atoms in total. The van der Waals surface area contributed by atoms with Gasteiger partial charge in [-0.1, -0.05) is 32.0 Å². The van der Waals surface area contributed by atoms with Crippen LogP contribution in [-0.2, 0) is 20.8 Å². The number of anilines is 1. The molecule has 1 fully saturated rings. The summed E-state index contributed by atoms with van der Waals surface area (Å²) in [6.07, 6.45) is -1.09. The summed E-state index contributed by atoms with van der Waals surface area (Å²) in [6, 6.07) is 9.82. The topological polar surface area (TPSA) is 196 Å². The van der Waals surface area contributed by atoms with Crippen molar-refractivity contribution in [1.29, 1.82) is 0 Å². The maximum absolute atomic E-state index is 13.7. The van der Waals surface area contributed by atoms with E-state index in [-0.39, 0.29) is 41.3 Å². The molecule has 0 aromatic heterocycles. The lowest BCUT2D eigenvalue weighted by Gasteiger charge is -2.46. The first kappa shape index (κ1) is 26.9. The van der Waals surface area contributed by atoms with Crippen molar-refractivity contribution in [3.05, 3.63) is 70.0 Å². The number of carbonyl (C=O) groups excluding carboxylic acids is 4. The van der Waals surface area contributed by atoms with Gasteiger partial charge >= 0.3 is 6.09 Å². The number of para-hydroxylation sites is 1. The fraction of sp³-hybridized carbons (Fsp3) is 0.310. The predicted octanol–water partition coefficient (Wildman–Crippen LogP) is 3.16. The second-order valence-electron chi connectivity index (χ2n) is 10.6. The van der Waals surface area contributed by atoms with Crippen LogP contribution in [0.2, 0.25) is 0 Å². The monoisotopic (exact) mass is 548 g/mol. The molecule has 0 unspecified atom stereocenters. The van der Waals surface area contributed by atoms with Crippen LogP contribution < -0.4 is 15.8 Å². The van der Waals surface area contributed by atoms with E-state index in [9.17, 15) is 39.6 Å². The van der Waals surface area contributed by atoms with Crippen LogP contribution in [-0.4, -0.2) is 49.6 Å². The van der Waals surface area contributed by atoms with Gasteiger partial charge < -0.3 is 30.9 Å². The van der Waals surface area contributed by atoms with E-state index >= 15 is 0 Å². The third kappa shape index (κ3) is 4.01. The number of aliphatic hydroxyl groups is 3. The molecule has 1 saturated carbocycles. The van der Waals surface area contributed by atoms with Gasteiger partial charge in [-0.15, -0.1) is 0 Å². The average Bonchev–Trinajstić information content (AvgIpc) is 2.88. The zero-order valence-corrected chi connectivity index (χ0v) is 21.7. The van der Waals surface area contributed by atoms with Crippen LogP contribution in [0.1, 0.15) is 49.3 Å². The number of rotatable bonds is 4. The smallest absolute Gasteiger partial charge is 0.417 e. The molecule has 0 spiro atoms. The molecule has 5 rings (SSSR count). The van der Waals surface area contributed by atoms with Gasteiger partial charge in [0.25, 0.3) is 5.91 Å². The number of nitrogens with one attached hydrogen (secondary N) is 1. The van der Waals surface area contributed by atoms with Gasteiger partial charge in [-0.3, -0.25) is 19.7 Å². The number of amides is 2. The van der Waals surface area contributed by atoms with E-state index in [1.165, 1.54) is 0 Å². The van der Waals surface area contributed by atoms with Crippen LogP contribution in [0.4, 0.5) is 10.5 Å². The zero-order valence-electron chi connectivity index (χ0n) is 21.7. The summed E-state index contributed by atoms with van der Waals surface area (Å²) in [5.74, 6) is -7.02. The molecule has 40 heavy (non-hydrogen) atoms. The van der Waals surface area contributed by atoms with E-state index in [1.54, 1.807) is 36.4 Å². The van der Waals surface area contributed by atoms with Crippen molar-refractivity contribution in [1.82, 2.24) is 0 Å². The number of phenolic OH excluding ortho intramolecular Hbond substituents is 1. The molecule has 0 bridgehead atoms. The van der Waals surface area contributed by atoms with Crippen molar-refractivity contribution in [3.63, 3.8) is 0 Å². The Bertz CT molecular complexity index is 1540. The number of nitrogens with two attached hydrogens (primary N) is 1. The van der Waals surface area contributed by atoms with E-state index in [0.717, 1.165) is 0 Å². The Morgan fingerprint density at radius 1 is 1.10 bits per heavy atom. The number of hydrogen-bond donors (Lipinski definition) is 6. The van der Waals surface area contributed by atoms with Crippen LogP contribution in [0.15, 0.2) is 53.3 Å². The van der Waals surface area contributed by atoms with Gasteiger partial charge in [0.1, 0.15) is 28.6 Å². The molecule has 11 heteroatoms. The first-order valence-corrected chi connectivity index (χ1v) is 12.8. The maximum atomic E-state index is 13.7. The number of ether oxygens (including phenoxy) is 1. The minimum Gasteiger partial charge on any atom is -0.508 e. The molecule has 3 aliphatic carbocycles. The lowest BCUT2D eigenvalue weighted by molar-refractivity contribution is -0.147. The predicted molar refractivity (Wildman–Crippen MR) is 142 cm³/mol. The normalized spacial score (nSPS) is 23.9. The maximum Gasteiger partial charge on any atom is 0.417 e. The molecular weight excluding hydrogens is 520 g/mol. The third-order valence-electron chi connectivity index (χ3n) is 7.91. The number of hydrogen-bond acceptors (Lipinski definition) is 9. The van der Waals surface area contributed by atoms with Gasteiger partial charge in [-0.25, -0.2) is 4.79 Å². The Morgan fingerprint density at radius 3 is 2.40 bits per heavy atom. The number of ketones is 2. The molecule has 0 aliphatic heterocycles. The van der Waals surface area contributed by atoms with Crippen molar-refractivity contribution >= 4 is 35.0 Å². The highest BCUT2D eigenvalue weighted by Crippen LogP contribution is 2.53. The van der Waals surface area contributed by atoms with Crippen molar-refractivity contribution in [2.75, 3.05) is 5.32 Å². The van der Waals surface area contributed by atoms with Crippen LogP contribution in [0.25, 0.3) is 5.76 Å². The fourth-order valence-electron chi connectivity index (χ4n) is 6.06. The number of carbonyl (C=O) groups is 4. The fourth-order valence-corrected chi connectivity index (χ4v) is 6.06. The first-order chi connectivity index (χ1) is 18.9. The Morgan fingerprint density at radius 2 is 1.77 bits per heavy atom. The molecule has 2 aromatic carbocycles. The summed E-state index contributed by atoms with van der Waals surface area (Å²) in [7, 11) is 0. The standard InChI is InChI=1S/C29H28N2O9/c1-12(2)16-11-18(31-28(38)40-15-6-4-3-5-7-15)23(33)21-17(16)9-13-8-14-10-19(32)22(27(30)37)26(36)29(14,39)25(35)20(13)24(21)34/h3-7,11-14,33-34,36,39H,8-10H2,1-2H3,(H2,30,37)(H,31,38)/t13-,14+,29+/m1/s1. The van der Waals surface area contributed by atoms with Crippen LogP contribution >= 0.6 is 0 Å². The van der Waals surface area contributed by atoms with Gasteiger partial charge in [0.15, 0.2) is 11.4 Å². The minimum atomic E-state index is -2.65. The van der Waals surface area contributed by atoms with Crippen molar-refractivity contribution in [2.24, 2.45) is 17.6 Å². The Balaban J connectivity index is 1.61. The SMILES string of the molecule is CC(C)c1cc(NC(=O)Oc2ccccc2)c(O)c2c1C[C@H]1C[C@H]3CC(=O)C(C(N)=O)=C(O)[C@@]3(O)C(=O)C1=C2O. The van der Waals surface area contributed by atoms with Gasteiger partial charge in [0, 0.05) is 17.9 Å². The van der Waals surface area contributed by atoms with E-state index < -0.39 is 70.3 Å². The van der Waals surface area contributed by atoms with Crippen molar-refractivity contribution in [3.8, 4) is 11.5 Å². The number of primary amides is 1. The highest BCUT2D eigenvalue weighted by atomic mass is 16.6. The number of phenols is 1. The molecular formula is C29H28N2O9. The van der Waals surface area contributed by atoms with Crippen LogP contribution in [0, 0.1) is 11.8 Å². The first-order valence-electron chi connectivity index (χ1n) is 12.8. The average molecular weight is 549 g/mol. The summed E-state index contributed by atoms with van der Waals surface area (Å²) >= 11 is 0. The molecule has 3 aliphatic rings. The van der Waals surface area contributed by atoms with Crippen LogP contribution in [0.5, 0.6) is 11.5 Å². The van der Waals surface area contributed by atoms with E-state index in [4.69, 9.17) is 10.5 Å². The summed E-state index contributed by atoms with van der Waals surface area (Å²) in [5.41, 5.74) is 2.51. The van der Waals surface area contributed by atoms with Crippen molar-refractivity contribution in [2.45, 2.75) is 44.6 Å². The van der Waals surface area contributed by atoms with Gasteiger partial charge in [0.2, 0.25) is 5.78 Å². The summed E-state index contributed by atoms with van der Waals surface area (Å²) < 4.78 is 5.25. The molecule has 0 heterocycles. The number of Topliss-reactive ketones (excluding diaryl/α,β-unsaturated/α-hetero) is 2. The van der Waals surface area contributed by atoms with E-state index in [2.05, 4.69) is 5.32 Å². The lowest BCUT2D eigenvalue weighted by Crippen LogP contribution is -2.58. The van der Waals surface area contributed by atoms with Gasteiger partial charge in [-0.2, -0.15) is 0 Å². The molecule has 2 aromatic rings. The largest absolute Gasteiger partial charge is 0.508 e.